The summed E-state index contributed by atoms with van der Waals surface area (Å²) >= 11 is 0. The highest BCUT2D eigenvalue weighted by molar-refractivity contribution is 5.11. The van der Waals surface area contributed by atoms with Crippen molar-refractivity contribution in [1.82, 2.24) is 24.6 Å². The van der Waals surface area contributed by atoms with E-state index in [0.29, 0.717) is 6.04 Å². The molecule has 4 heterocycles. The van der Waals surface area contributed by atoms with E-state index in [1.807, 2.05) is 24.7 Å². The Bertz CT molecular complexity index is 617. The zero-order valence-electron chi connectivity index (χ0n) is 13.6. The first-order chi connectivity index (χ1) is 11.4. The molecule has 2 aliphatic heterocycles. The lowest BCUT2D eigenvalue weighted by molar-refractivity contribution is 0.152. The van der Waals surface area contributed by atoms with Gasteiger partial charge in [-0.1, -0.05) is 6.07 Å². The fourth-order valence-electron chi connectivity index (χ4n) is 3.89. The van der Waals surface area contributed by atoms with Crippen LogP contribution in [0.2, 0.25) is 0 Å². The lowest BCUT2D eigenvalue weighted by Gasteiger charge is -2.34. The third-order valence-electron chi connectivity index (χ3n) is 5.06. The Balaban J connectivity index is 1.43. The van der Waals surface area contributed by atoms with Gasteiger partial charge in [-0.2, -0.15) is 5.10 Å². The third-order valence-corrected chi connectivity index (χ3v) is 5.06. The molecule has 0 amide bonds. The first kappa shape index (κ1) is 14.8. The fraction of sp³-hybridized carbons (Fsp3) is 0.556. The number of aromatic nitrogens is 3. The SMILES string of the molecule is c1cncc(CN2Cc3ccnn3[C@H](CCN3CCCC3)C2)c1. The molecule has 0 aliphatic carbocycles. The van der Waals surface area contributed by atoms with Gasteiger partial charge < -0.3 is 4.90 Å². The highest BCUT2D eigenvalue weighted by Gasteiger charge is 2.26. The molecule has 0 unspecified atom stereocenters. The van der Waals surface area contributed by atoms with Crippen molar-refractivity contribution >= 4 is 0 Å². The summed E-state index contributed by atoms with van der Waals surface area (Å²) in [5.74, 6) is 0. The average molecular weight is 311 g/mol. The summed E-state index contributed by atoms with van der Waals surface area (Å²) < 4.78 is 2.26. The van der Waals surface area contributed by atoms with Crippen LogP contribution in [0, 0.1) is 0 Å². The predicted octanol–water partition coefficient (Wildman–Crippen LogP) is 2.32. The van der Waals surface area contributed by atoms with E-state index < -0.39 is 0 Å². The van der Waals surface area contributed by atoms with Crippen LogP contribution in [0.5, 0.6) is 0 Å². The van der Waals surface area contributed by atoms with Crippen LogP contribution in [0.3, 0.4) is 0 Å². The molecule has 0 spiro atoms. The van der Waals surface area contributed by atoms with Crippen molar-refractivity contribution in [2.45, 2.75) is 38.4 Å². The Kier molecular flexibility index (Phi) is 4.39. The molecular formula is C18H25N5. The molecule has 23 heavy (non-hydrogen) atoms. The van der Waals surface area contributed by atoms with Crippen molar-refractivity contribution in [3.05, 3.63) is 48.0 Å². The third kappa shape index (κ3) is 3.46. The molecule has 1 saturated heterocycles. The molecule has 1 fully saturated rings. The van der Waals surface area contributed by atoms with E-state index in [2.05, 4.69) is 36.7 Å². The summed E-state index contributed by atoms with van der Waals surface area (Å²) in [6, 6.07) is 6.84. The number of pyridine rings is 1. The smallest absolute Gasteiger partial charge is 0.0662 e. The average Bonchev–Trinajstić information content (AvgIpc) is 3.25. The largest absolute Gasteiger partial charge is 0.303 e. The monoisotopic (exact) mass is 311 g/mol. The van der Waals surface area contributed by atoms with Gasteiger partial charge in [-0.3, -0.25) is 14.6 Å². The summed E-state index contributed by atoms with van der Waals surface area (Å²) in [6.07, 6.45) is 9.69. The molecule has 0 bridgehead atoms. The Morgan fingerprint density at radius 1 is 1.09 bits per heavy atom. The minimum atomic E-state index is 0.492. The topological polar surface area (TPSA) is 37.2 Å². The molecule has 0 aromatic carbocycles. The summed E-state index contributed by atoms with van der Waals surface area (Å²) in [5.41, 5.74) is 2.63. The molecule has 5 nitrogen and oxygen atoms in total. The molecule has 4 rings (SSSR count). The predicted molar refractivity (Wildman–Crippen MR) is 89.9 cm³/mol. The van der Waals surface area contributed by atoms with Crippen LogP contribution >= 0.6 is 0 Å². The van der Waals surface area contributed by atoms with Crippen LogP contribution in [-0.2, 0) is 13.1 Å². The number of rotatable bonds is 5. The van der Waals surface area contributed by atoms with Gasteiger partial charge in [0.15, 0.2) is 0 Å². The number of hydrogen-bond acceptors (Lipinski definition) is 4. The maximum Gasteiger partial charge on any atom is 0.0662 e. The zero-order valence-corrected chi connectivity index (χ0v) is 13.6. The molecule has 1 atom stereocenters. The second-order valence-corrected chi connectivity index (χ2v) is 6.79. The van der Waals surface area contributed by atoms with E-state index in [0.717, 1.165) is 19.6 Å². The maximum absolute atomic E-state index is 4.58. The first-order valence-corrected chi connectivity index (χ1v) is 8.74. The molecule has 5 heteroatoms. The Morgan fingerprint density at radius 3 is 2.83 bits per heavy atom. The maximum atomic E-state index is 4.58. The number of hydrogen-bond donors (Lipinski definition) is 0. The lowest BCUT2D eigenvalue weighted by Crippen LogP contribution is -2.38. The van der Waals surface area contributed by atoms with Gasteiger partial charge in [-0.05, 0) is 50.0 Å². The van der Waals surface area contributed by atoms with E-state index in [4.69, 9.17) is 0 Å². The van der Waals surface area contributed by atoms with Crippen molar-refractivity contribution in [3.63, 3.8) is 0 Å². The van der Waals surface area contributed by atoms with Crippen molar-refractivity contribution in [3.8, 4) is 0 Å². The number of nitrogens with zero attached hydrogens (tertiary/aromatic N) is 5. The molecular weight excluding hydrogens is 286 g/mol. The van der Waals surface area contributed by atoms with Crippen molar-refractivity contribution in [2.24, 2.45) is 0 Å². The molecule has 0 radical (unpaired) electrons. The Hall–Kier alpha value is -1.72. The minimum absolute atomic E-state index is 0.492. The van der Waals surface area contributed by atoms with Crippen molar-refractivity contribution < 1.29 is 0 Å². The van der Waals surface area contributed by atoms with Crippen LogP contribution in [0.1, 0.15) is 36.6 Å². The van der Waals surface area contributed by atoms with Gasteiger partial charge in [-0.25, -0.2) is 0 Å². The zero-order chi connectivity index (χ0) is 15.5. The second kappa shape index (κ2) is 6.81. The summed E-state index contributed by atoms with van der Waals surface area (Å²) in [5, 5.41) is 4.58. The van der Waals surface area contributed by atoms with Crippen molar-refractivity contribution in [1.29, 1.82) is 0 Å². The minimum Gasteiger partial charge on any atom is -0.303 e. The van der Waals surface area contributed by atoms with E-state index in [1.165, 1.54) is 50.2 Å². The fourth-order valence-corrected chi connectivity index (χ4v) is 3.89. The molecule has 0 saturated carbocycles. The Morgan fingerprint density at radius 2 is 2.00 bits per heavy atom. The quantitative estimate of drug-likeness (QED) is 0.849. The molecule has 2 aromatic rings. The van der Waals surface area contributed by atoms with E-state index in [1.54, 1.807) is 0 Å². The first-order valence-electron chi connectivity index (χ1n) is 8.74. The van der Waals surface area contributed by atoms with E-state index in [-0.39, 0.29) is 0 Å². The van der Waals surface area contributed by atoms with Gasteiger partial charge in [0.05, 0.1) is 11.7 Å². The van der Waals surface area contributed by atoms with E-state index in [9.17, 15) is 0 Å². The van der Waals surface area contributed by atoms with Crippen LogP contribution in [-0.4, -0.2) is 50.7 Å². The number of likely N-dealkylation sites (tertiary alicyclic amines) is 1. The second-order valence-electron chi connectivity index (χ2n) is 6.79. The summed E-state index contributed by atoms with van der Waals surface area (Å²) in [6.45, 7) is 6.78. The number of fused-ring (bicyclic) bond motifs is 1. The van der Waals surface area contributed by atoms with Gasteiger partial charge in [0.2, 0.25) is 0 Å². The normalized spacial score (nSPS) is 22.3. The molecule has 122 valence electrons. The van der Waals surface area contributed by atoms with Crippen LogP contribution < -0.4 is 0 Å². The lowest BCUT2D eigenvalue weighted by atomic mass is 10.1. The highest BCUT2D eigenvalue weighted by atomic mass is 15.4. The summed E-state index contributed by atoms with van der Waals surface area (Å²) in [4.78, 5) is 9.37. The molecule has 0 N–H and O–H groups in total. The molecule has 2 aliphatic rings. The van der Waals surface area contributed by atoms with Gasteiger partial charge in [0.1, 0.15) is 0 Å². The van der Waals surface area contributed by atoms with Crippen LogP contribution in [0.4, 0.5) is 0 Å². The van der Waals surface area contributed by atoms with Gasteiger partial charge in [0.25, 0.3) is 0 Å². The Labute approximate surface area is 137 Å². The molecule has 2 aromatic heterocycles. The van der Waals surface area contributed by atoms with Gasteiger partial charge >= 0.3 is 0 Å². The van der Waals surface area contributed by atoms with E-state index >= 15 is 0 Å². The summed E-state index contributed by atoms with van der Waals surface area (Å²) in [7, 11) is 0. The van der Waals surface area contributed by atoms with Crippen LogP contribution in [0.15, 0.2) is 36.8 Å². The van der Waals surface area contributed by atoms with Crippen molar-refractivity contribution in [2.75, 3.05) is 26.2 Å². The standard InChI is InChI=1S/C18H25N5/c1-2-10-21(9-1)11-6-18-15-22(13-16-4-3-7-19-12-16)14-17-5-8-20-23(17)18/h3-5,7-8,12,18H,1-2,6,9-11,13-15H2/t18-/m1/s1. The van der Waals surface area contributed by atoms with Crippen LogP contribution in [0.25, 0.3) is 0 Å². The van der Waals surface area contributed by atoms with Gasteiger partial charge in [-0.15, -0.1) is 0 Å². The van der Waals surface area contributed by atoms with Gasteiger partial charge in [0, 0.05) is 44.8 Å². The highest BCUT2D eigenvalue weighted by Crippen LogP contribution is 2.25.